The van der Waals surface area contributed by atoms with E-state index in [0.717, 1.165) is 6.54 Å². The summed E-state index contributed by atoms with van der Waals surface area (Å²) in [5, 5.41) is 3.22. The topological polar surface area (TPSA) is 38.3 Å². The van der Waals surface area contributed by atoms with Crippen LogP contribution in [-0.2, 0) is 4.74 Å². The molecule has 0 aromatic heterocycles. The molecular weight excluding hydrogens is 221 g/mol. The van der Waals surface area contributed by atoms with Gasteiger partial charge in [-0.15, -0.1) is 0 Å². The average Bonchev–Trinajstić information content (AvgIpc) is 2.77. The first kappa shape index (κ1) is 12.2. The zero-order valence-corrected chi connectivity index (χ0v) is 9.78. The van der Waals surface area contributed by atoms with E-state index in [1.54, 1.807) is 12.1 Å². The number of halogens is 1. The molecule has 1 aromatic carbocycles. The third-order valence-corrected chi connectivity index (χ3v) is 2.99. The normalized spacial score (nSPS) is 23.9. The zero-order valence-electron chi connectivity index (χ0n) is 9.78. The van der Waals surface area contributed by atoms with E-state index in [4.69, 9.17) is 4.74 Å². The van der Waals surface area contributed by atoms with Crippen molar-refractivity contribution in [3.05, 3.63) is 35.6 Å². The van der Waals surface area contributed by atoms with Gasteiger partial charge in [-0.1, -0.05) is 19.1 Å². The molecule has 0 saturated carbocycles. The summed E-state index contributed by atoms with van der Waals surface area (Å²) < 4.78 is 18.4. The second-order valence-corrected chi connectivity index (χ2v) is 4.18. The van der Waals surface area contributed by atoms with Crippen LogP contribution in [0.2, 0.25) is 0 Å². The quantitative estimate of drug-likeness (QED) is 0.809. The van der Waals surface area contributed by atoms with Gasteiger partial charge in [0.1, 0.15) is 5.82 Å². The van der Waals surface area contributed by atoms with Crippen LogP contribution in [0.25, 0.3) is 0 Å². The summed E-state index contributed by atoms with van der Waals surface area (Å²) in [6, 6.07) is 5.86. The Balaban J connectivity index is 2.14. The molecular formula is C13H16FNO2. The van der Waals surface area contributed by atoms with Crippen LogP contribution in [0.1, 0.15) is 17.3 Å². The SMILES string of the molecule is CCNC1COCC1C(=O)c1cccc(F)c1. The Kier molecular flexibility index (Phi) is 3.86. The number of hydrogen-bond acceptors (Lipinski definition) is 3. The van der Waals surface area contributed by atoms with Crippen molar-refractivity contribution in [1.82, 2.24) is 5.32 Å². The number of nitrogens with one attached hydrogen (secondary N) is 1. The molecule has 1 heterocycles. The Morgan fingerprint density at radius 2 is 2.35 bits per heavy atom. The number of carbonyl (C=O) groups excluding carboxylic acids is 1. The highest BCUT2D eigenvalue weighted by molar-refractivity contribution is 5.98. The van der Waals surface area contributed by atoms with Gasteiger partial charge >= 0.3 is 0 Å². The number of likely N-dealkylation sites (N-methyl/N-ethyl adjacent to an activating group) is 1. The van der Waals surface area contributed by atoms with Gasteiger partial charge in [0.25, 0.3) is 0 Å². The number of rotatable bonds is 4. The molecule has 2 unspecified atom stereocenters. The molecule has 0 bridgehead atoms. The molecule has 2 atom stereocenters. The lowest BCUT2D eigenvalue weighted by Gasteiger charge is -2.17. The second kappa shape index (κ2) is 5.38. The molecule has 0 amide bonds. The molecule has 1 saturated heterocycles. The van der Waals surface area contributed by atoms with Crippen LogP contribution >= 0.6 is 0 Å². The third kappa shape index (κ3) is 2.70. The minimum Gasteiger partial charge on any atom is -0.379 e. The lowest BCUT2D eigenvalue weighted by Crippen LogP contribution is -2.39. The Morgan fingerprint density at radius 1 is 1.53 bits per heavy atom. The van der Waals surface area contributed by atoms with Gasteiger partial charge < -0.3 is 10.1 Å². The van der Waals surface area contributed by atoms with Crippen molar-refractivity contribution >= 4 is 5.78 Å². The smallest absolute Gasteiger partial charge is 0.170 e. The van der Waals surface area contributed by atoms with Crippen LogP contribution in [0.15, 0.2) is 24.3 Å². The maximum atomic E-state index is 13.1. The molecule has 4 heteroatoms. The third-order valence-electron chi connectivity index (χ3n) is 2.99. The highest BCUT2D eigenvalue weighted by Gasteiger charge is 2.33. The predicted octanol–water partition coefficient (Wildman–Crippen LogP) is 1.63. The summed E-state index contributed by atoms with van der Waals surface area (Å²) >= 11 is 0. The summed E-state index contributed by atoms with van der Waals surface area (Å²) in [6.45, 7) is 3.73. The fourth-order valence-corrected chi connectivity index (χ4v) is 2.13. The summed E-state index contributed by atoms with van der Waals surface area (Å²) in [6.07, 6.45) is 0. The monoisotopic (exact) mass is 237 g/mol. The predicted molar refractivity (Wildman–Crippen MR) is 62.5 cm³/mol. The van der Waals surface area contributed by atoms with Crippen LogP contribution in [0.3, 0.4) is 0 Å². The van der Waals surface area contributed by atoms with Crippen molar-refractivity contribution in [2.24, 2.45) is 5.92 Å². The molecule has 3 nitrogen and oxygen atoms in total. The van der Waals surface area contributed by atoms with Crippen LogP contribution in [-0.4, -0.2) is 31.6 Å². The van der Waals surface area contributed by atoms with Crippen molar-refractivity contribution in [3.63, 3.8) is 0 Å². The molecule has 0 spiro atoms. The number of benzene rings is 1. The molecule has 1 N–H and O–H groups in total. The van der Waals surface area contributed by atoms with E-state index in [9.17, 15) is 9.18 Å². The van der Waals surface area contributed by atoms with Crippen LogP contribution in [0, 0.1) is 11.7 Å². The molecule has 0 aliphatic carbocycles. The molecule has 2 rings (SSSR count). The first-order chi connectivity index (χ1) is 8.22. The van der Waals surface area contributed by atoms with Crippen molar-refractivity contribution in [3.8, 4) is 0 Å². The van der Waals surface area contributed by atoms with E-state index in [0.29, 0.717) is 18.8 Å². The summed E-state index contributed by atoms with van der Waals surface area (Å²) in [7, 11) is 0. The van der Waals surface area contributed by atoms with E-state index >= 15 is 0 Å². The van der Waals surface area contributed by atoms with Crippen molar-refractivity contribution in [2.45, 2.75) is 13.0 Å². The number of carbonyl (C=O) groups is 1. The summed E-state index contributed by atoms with van der Waals surface area (Å²) in [5.74, 6) is -0.639. The Labute approximate surface area is 100.0 Å². The Hall–Kier alpha value is -1.26. The maximum absolute atomic E-state index is 13.1. The standard InChI is InChI=1S/C13H16FNO2/c1-2-15-12-8-17-7-11(12)13(16)9-4-3-5-10(14)6-9/h3-6,11-12,15H,2,7-8H2,1H3. The first-order valence-corrected chi connectivity index (χ1v) is 5.83. The van der Waals surface area contributed by atoms with Crippen molar-refractivity contribution < 1.29 is 13.9 Å². The Bertz CT molecular complexity index is 408. The first-order valence-electron chi connectivity index (χ1n) is 5.83. The zero-order chi connectivity index (χ0) is 12.3. The Morgan fingerprint density at radius 3 is 3.06 bits per heavy atom. The molecule has 17 heavy (non-hydrogen) atoms. The number of Topliss-reactive ketones (excluding diaryl/α,β-unsaturated/α-hetero) is 1. The summed E-state index contributed by atoms with van der Waals surface area (Å²) in [4.78, 5) is 12.2. The van der Waals surface area contributed by atoms with Crippen molar-refractivity contribution in [1.29, 1.82) is 0 Å². The van der Waals surface area contributed by atoms with Gasteiger partial charge in [0.05, 0.1) is 19.1 Å². The van der Waals surface area contributed by atoms with Gasteiger partial charge in [0.15, 0.2) is 5.78 Å². The van der Waals surface area contributed by atoms with Gasteiger partial charge in [-0.3, -0.25) is 4.79 Å². The van der Waals surface area contributed by atoms with Gasteiger partial charge in [0.2, 0.25) is 0 Å². The van der Waals surface area contributed by atoms with Crippen LogP contribution < -0.4 is 5.32 Å². The van der Waals surface area contributed by atoms with Gasteiger partial charge in [-0.25, -0.2) is 4.39 Å². The highest BCUT2D eigenvalue weighted by Crippen LogP contribution is 2.19. The summed E-state index contributed by atoms with van der Waals surface area (Å²) in [5.41, 5.74) is 0.420. The maximum Gasteiger partial charge on any atom is 0.170 e. The second-order valence-electron chi connectivity index (χ2n) is 4.18. The van der Waals surface area contributed by atoms with E-state index in [-0.39, 0.29) is 23.6 Å². The van der Waals surface area contributed by atoms with Crippen LogP contribution in [0.5, 0.6) is 0 Å². The molecule has 0 radical (unpaired) electrons. The van der Waals surface area contributed by atoms with Gasteiger partial charge in [-0.05, 0) is 18.7 Å². The minimum absolute atomic E-state index is 0.0377. The van der Waals surface area contributed by atoms with Crippen molar-refractivity contribution in [2.75, 3.05) is 19.8 Å². The highest BCUT2D eigenvalue weighted by atomic mass is 19.1. The van der Waals surface area contributed by atoms with Gasteiger partial charge in [0, 0.05) is 11.6 Å². The molecule has 1 aliphatic heterocycles. The number of ketones is 1. The minimum atomic E-state index is -0.380. The van der Waals surface area contributed by atoms with E-state index in [1.165, 1.54) is 12.1 Å². The lowest BCUT2D eigenvalue weighted by molar-refractivity contribution is 0.0891. The average molecular weight is 237 g/mol. The molecule has 92 valence electrons. The van der Waals surface area contributed by atoms with Crippen LogP contribution in [0.4, 0.5) is 4.39 Å². The fourth-order valence-electron chi connectivity index (χ4n) is 2.13. The molecule has 1 aromatic rings. The molecule has 1 fully saturated rings. The van der Waals surface area contributed by atoms with E-state index < -0.39 is 0 Å². The largest absolute Gasteiger partial charge is 0.379 e. The van der Waals surface area contributed by atoms with Gasteiger partial charge in [-0.2, -0.15) is 0 Å². The lowest BCUT2D eigenvalue weighted by atomic mass is 9.93. The number of hydrogen-bond donors (Lipinski definition) is 1. The van der Waals surface area contributed by atoms with E-state index in [2.05, 4.69) is 5.32 Å². The van der Waals surface area contributed by atoms with E-state index in [1.807, 2.05) is 6.92 Å². The number of ether oxygens (including phenoxy) is 1. The fraction of sp³-hybridized carbons (Fsp3) is 0.462. The molecule has 1 aliphatic rings.